The third-order valence-electron chi connectivity index (χ3n) is 3.62. The minimum Gasteiger partial charge on any atom is -0.302 e. The molecule has 0 heterocycles. The number of benzene rings is 1. The highest BCUT2D eigenvalue weighted by molar-refractivity contribution is 5.32. The van der Waals surface area contributed by atoms with E-state index in [1.165, 1.54) is 31.2 Å². The largest absolute Gasteiger partial charge is 0.302 e. The summed E-state index contributed by atoms with van der Waals surface area (Å²) >= 11 is 0. The van der Waals surface area contributed by atoms with Crippen LogP contribution < -0.4 is 0 Å². The minimum atomic E-state index is 0.754. The van der Waals surface area contributed by atoms with Crippen LogP contribution in [0.3, 0.4) is 0 Å². The zero-order valence-corrected chi connectivity index (χ0v) is 12.5. The first-order chi connectivity index (χ1) is 9.19. The zero-order valence-electron chi connectivity index (χ0n) is 12.5. The molecule has 0 aliphatic heterocycles. The standard InChI is InChI=1S/C17H26N2/c1-4-6-8-15(5-2)13-19(3)14-17-10-7-9-16(11-17)12-18/h7,9-11,15H,4-6,8,13-14H2,1-3H3. The van der Waals surface area contributed by atoms with Gasteiger partial charge in [0, 0.05) is 13.1 Å². The molecule has 1 atom stereocenters. The van der Waals surface area contributed by atoms with Crippen LogP contribution in [0.2, 0.25) is 0 Å². The molecule has 0 saturated carbocycles. The van der Waals surface area contributed by atoms with Crippen LogP contribution in [0.4, 0.5) is 0 Å². The second-order valence-corrected chi connectivity index (χ2v) is 5.43. The molecule has 0 saturated heterocycles. The lowest BCUT2D eigenvalue weighted by Gasteiger charge is -2.23. The smallest absolute Gasteiger partial charge is 0.0991 e. The molecule has 0 aliphatic rings. The summed E-state index contributed by atoms with van der Waals surface area (Å²) < 4.78 is 0. The molecule has 1 aromatic rings. The Morgan fingerprint density at radius 3 is 2.74 bits per heavy atom. The van der Waals surface area contributed by atoms with Gasteiger partial charge in [-0.1, -0.05) is 45.2 Å². The first-order valence-electron chi connectivity index (χ1n) is 7.37. The van der Waals surface area contributed by atoms with Gasteiger partial charge in [-0.2, -0.15) is 5.26 Å². The fraction of sp³-hybridized carbons (Fsp3) is 0.588. The van der Waals surface area contributed by atoms with Crippen LogP contribution in [0.15, 0.2) is 24.3 Å². The van der Waals surface area contributed by atoms with Crippen LogP contribution in [0.1, 0.15) is 50.7 Å². The summed E-state index contributed by atoms with van der Waals surface area (Å²) in [6.45, 7) is 6.61. The molecule has 1 rings (SSSR count). The molecule has 2 heteroatoms. The van der Waals surface area contributed by atoms with Gasteiger partial charge in [-0.15, -0.1) is 0 Å². The number of nitriles is 1. The molecular formula is C17H26N2. The van der Waals surface area contributed by atoms with Gasteiger partial charge in [0.15, 0.2) is 0 Å². The van der Waals surface area contributed by atoms with E-state index in [1.807, 2.05) is 18.2 Å². The highest BCUT2D eigenvalue weighted by Gasteiger charge is 2.09. The normalized spacial score (nSPS) is 12.4. The van der Waals surface area contributed by atoms with Gasteiger partial charge < -0.3 is 4.90 Å². The van der Waals surface area contributed by atoms with E-state index < -0.39 is 0 Å². The molecule has 0 bridgehead atoms. The summed E-state index contributed by atoms with van der Waals surface area (Å²) in [6.07, 6.45) is 5.19. The molecule has 0 aliphatic carbocycles. The lowest BCUT2D eigenvalue weighted by atomic mass is 9.98. The molecule has 0 radical (unpaired) electrons. The second kappa shape index (κ2) is 8.72. The molecule has 1 aromatic carbocycles. The molecule has 19 heavy (non-hydrogen) atoms. The number of hydrogen-bond acceptors (Lipinski definition) is 2. The average molecular weight is 258 g/mol. The van der Waals surface area contributed by atoms with Gasteiger partial charge in [0.1, 0.15) is 0 Å². The van der Waals surface area contributed by atoms with Crippen molar-refractivity contribution in [3.05, 3.63) is 35.4 Å². The monoisotopic (exact) mass is 258 g/mol. The van der Waals surface area contributed by atoms with Crippen LogP contribution in [-0.4, -0.2) is 18.5 Å². The van der Waals surface area contributed by atoms with E-state index in [9.17, 15) is 0 Å². The summed E-state index contributed by atoms with van der Waals surface area (Å²) in [7, 11) is 2.17. The van der Waals surface area contributed by atoms with Crippen molar-refractivity contribution in [2.24, 2.45) is 5.92 Å². The Hall–Kier alpha value is -1.33. The highest BCUT2D eigenvalue weighted by atomic mass is 15.1. The Kier molecular flexibility index (Phi) is 7.22. The van der Waals surface area contributed by atoms with Crippen LogP contribution >= 0.6 is 0 Å². The Labute approximate surface area is 118 Å². The maximum Gasteiger partial charge on any atom is 0.0991 e. The van der Waals surface area contributed by atoms with E-state index in [0.29, 0.717) is 0 Å². The quantitative estimate of drug-likeness (QED) is 0.698. The topological polar surface area (TPSA) is 27.0 Å². The lowest BCUT2D eigenvalue weighted by molar-refractivity contribution is 0.253. The van der Waals surface area contributed by atoms with Crippen molar-refractivity contribution in [3.8, 4) is 6.07 Å². The van der Waals surface area contributed by atoms with Crippen molar-refractivity contribution in [1.29, 1.82) is 5.26 Å². The average Bonchev–Trinajstić information content (AvgIpc) is 2.43. The fourth-order valence-corrected chi connectivity index (χ4v) is 2.47. The van der Waals surface area contributed by atoms with E-state index >= 15 is 0 Å². The summed E-state index contributed by atoms with van der Waals surface area (Å²) in [6, 6.07) is 10.1. The molecule has 104 valence electrons. The molecular weight excluding hydrogens is 232 g/mol. The van der Waals surface area contributed by atoms with Crippen molar-refractivity contribution in [3.63, 3.8) is 0 Å². The van der Waals surface area contributed by atoms with Crippen molar-refractivity contribution in [2.75, 3.05) is 13.6 Å². The molecule has 1 unspecified atom stereocenters. The Morgan fingerprint density at radius 1 is 1.32 bits per heavy atom. The van der Waals surface area contributed by atoms with E-state index in [4.69, 9.17) is 5.26 Å². The molecule has 0 amide bonds. The molecule has 0 spiro atoms. The molecule has 2 nitrogen and oxygen atoms in total. The van der Waals surface area contributed by atoms with Gasteiger partial charge in [0.25, 0.3) is 0 Å². The maximum atomic E-state index is 8.91. The minimum absolute atomic E-state index is 0.754. The number of rotatable bonds is 8. The van der Waals surface area contributed by atoms with Gasteiger partial charge in [0.2, 0.25) is 0 Å². The third kappa shape index (κ3) is 5.89. The maximum absolute atomic E-state index is 8.91. The SMILES string of the molecule is CCCCC(CC)CN(C)Cc1cccc(C#N)c1. The number of hydrogen-bond donors (Lipinski definition) is 0. The first kappa shape index (κ1) is 15.7. The van der Waals surface area contributed by atoms with E-state index in [1.54, 1.807) is 0 Å². The van der Waals surface area contributed by atoms with Gasteiger partial charge in [-0.05, 0) is 37.1 Å². The third-order valence-corrected chi connectivity index (χ3v) is 3.62. The molecule has 0 aromatic heterocycles. The highest BCUT2D eigenvalue weighted by Crippen LogP contribution is 2.15. The summed E-state index contributed by atoms with van der Waals surface area (Å²) in [4.78, 5) is 2.38. The van der Waals surface area contributed by atoms with Gasteiger partial charge in [-0.25, -0.2) is 0 Å². The van der Waals surface area contributed by atoms with Crippen molar-refractivity contribution < 1.29 is 0 Å². The molecule has 0 fully saturated rings. The van der Waals surface area contributed by atoms with Crippen molar-refractivity contribution in [2.45, 2.75) is 46.1 Å². The summed E-state index contributed by atoms with van der Waals surface area (Å²) in [5.41, 5.74) is 1.98. The van der Waals surface area contributed by atoms with Crippen LogP contribution in [0.5, 0.6) is 0 Å². The Bertz CT molecular complexity index is 406. The summed E-state index contributed by atoms with van der Waals surface area (Å²) in [5, 5.41) is 8.91. The predicted molar refractivity (Wildman–Crippen MR) is 80.8 cm³/mol. The van der Waals surface area contributed by atoms with Gasteiger partial charge in [0.05, 0.1) is 11.6 Å². The van der Waals surface area contributed by atoms with E-state index in [-0.39, 0.29) is 0 Å². The number of nitrogens with zero attached hydrogens (tertiary/aromatic N) is 2. The number of unbranched alkanes of at least 4 members (excludes halogenated alkanes) is 1. The first-order valence-corrected chi connectivity index (χ1v) is 7.37. The lowest BCUT2D eigenvalue weighted by Crippen LogP contribution is -2.25. The van der Waals surface area contributed by atoms with Crippen LogP contribution in [0, 0.1) is 17.2 Å². The van der Waals surface area contributed by atoms with Gasteiger partial charge >= 0.3 is 0 Å². The van der Waals surface area contributed by atoms with E-state index in [2.05, 4.69) is 37.9 Å². The molecule has 0 N–H and O–H groups in total. The van der Waals surface area contributed by atoms with Crippen LogP contribution in [0.25, 0.3) is 0 Å². The zero-order chi connectivity index (χ0) is 14.1. The predicted octanol–water partition coefficient (Wildman–Crippen LogP) is 4.21. The van der Waals surface area contributed by atoms with Crippen LogP contribution in [-0.2, 0) is 6.54 Å². The fourth-order valence-electron chi connectivity index (χ4n) is 2.47. The second-order valence-electron chi connectivity index (χ2n) is 5.43. The Balaban J connectivity index is 2.49. The van der Waals surface area contributed by atoms with E-state index in [0.717, 1.165) is 24.6 Å². The van der Waals surface area contributed by atoms with Gasteiger partial charge in [-0.3, -0.25) is 0 Å². The van der Waals surface area contributed by atoms with Crippen molar-refractivity contribution in [1.82, 2.24) is 4.90 Å². The Morgan fingerprint density at radius 2 is 2.11 bits per heavy atom. The summed E-state index contributed by atoms with van der Waals surface area (Å²) in [5.74, 6) is 0.795. The van der Waals surface area contributed by atoms with Crippen molar-refractivity contribution >= 4 is 0 Å².